The first-order chi connectivity index (χ1) is 5.17. The lowest BCUT2D eigenvalue weighted by molar-refractivity contribution is 0.533. The molecule has 0 aliphatic heterocycles. The molecule has 0 aromatic rings. The average Bonchev–Trinajstić information content (AvgIpc) is 2.52. The van der Waals surface area contributed by atoms with Gasteiger partial charge in [-0.15, -0.1) is 5.92 Å². The zero-order chi connectivity index (χ0) is 8.32. The molecule has 1 N–H and O–H groups in total. The lowest BCUT2D eigenvalue weighted by Gasteiger charge is -2.01. The minimum Gasteiger partial charge on any atom is -0.306 e. The van der Waals surface area contributed by atoms with Crippen LogP contribution in [0.1, 0.15) is 27.2 Å². The second-order valence-corrected chi connectivity index (χ2v) is 3.95. The first kappa shape index (κ1) is 8.62. The van der Waals surface area contributed by atoms with E-state index in [9.17, 15) is 0 Å². The summed E-state index contributed by atoms with van der Waals surface area (Å²) in [6, 6.07) is 0. The molecule has 1 rings (SSSR count). The molecular formula is C10H17N. The van der Waals surface area contributed by atoms with E-state index < -0.39 is 0 Å². The molecule has 1 fully saturated rings. The van der Waals surface area contributed by atoms with Gasteiger partial charge in [-0.1, -0.05) is 19.8 Å². The van der Waals surface area contributed by atoms with E-state index in [0.29, 0.717) is 5.41 Å². The van der Waals surface area contributed by atoms with E-state index in [2.05, 4.69) is 31.0 Å². The Bertz CT molecular complexity index is 183. The molecule has 0 aromatic carbocycles. The van der Waals surface area contributed by atoms with Gasteiger partial charge in [-0.05, 0) is 31.2 Å². The van der Waals surface area contributed by atoms with E-state index in [4.69, 9.17) is 0 Å². The minimum absolute atomic E-state index is 0.604. The van der Waals surface area contributed by atoms with Gasteiger partial charge >= 0.3 is 0 Å². The third-order valence-corrected chi connectivity index (χ3v) is 2.50. The Labute approximate surface area is 69.6 Å². The third kappa shape index (κ3) is 2.55. The summed E-state index contributed by atoms with van der Waals surface area (Å²) in [6.45, 7) is 8.52. The number of nitrogens with one attached hydrogen (secondary N) is 1. The van der Waals surface area contributed by atoms with Crippen LogP contribution in [-0.2, 0) is 0 Å². The Morgan fingerprint density at radius 1 is 1.55 bits per heavy atom. The highest BCUT2D eigenvalue weighted by Crippen LogP contribution is 2.50. The normalized spacial score (nSPS) is 25.5. The molecule has 62 valence electrons. The molecule has 0 bridgehead atoms. The van der Waals surface area contributed by atoms with Crippen LogP contribution in [0.25, 0.3) is 0 Å². The van der Waals surface area contributed by atoms with Crippen LogP contribution in [-0.4, -0.2) is 13.1 Å². The summed E-state index contributed by atoms with van der Waals surface area (Å²) in [5.41, 5.74) is 0.604. The van der Waals surface area contributed by atoms with Gasteiger partial charge in [-0.25, -0.2) is 0 Å². The second kappa shape index (κ2) is 3.28. The average molecular weight is 151 g/mol. The lowest BCUT2D eigenvalue weighted by atomic mass is 10.1. The topological polar surface area (TPSA) is 12.0 Å². The van der Waals surface area contributed by atoms with Crippen LogP contribution >= 0.6 is 0 Å². The van der Waals surface area contributed by atoms with Gasteiger partial charge in [0.2, 0.25) is 0 Å². The summed E-state index contributed by atoms with van der Waals surface area (Å²) in [5, 5.41) is 3.33. The fourth-order valence-electron chi connectivity index (χ4n) is 1.32. The largest absolute Gasteiger partial charge is 0.306 e. The quantitative estimate of drug-likeness (QED) is 0.477. The standard InChI is InChI=1S/C10H17N/c1-4-5-6-11-8-9-7-10(9,2)3/h9,11H,6-8H2,1-3H3. The highest BCUT2D eigenvalue weighted by atomic mass is 14.9. The molecule has 1 atom stereocenters. The van der Waals surface area contributed by atoms with Gasteiger partial charge in [-0.2, -0.15) is 0 Å². The molecule has 0 radical (unpaired) electrons. The van der Waals surface area contributed by atoms with Gasteiger partial charge in [0.1, 0.15) is 0 Å². The molecule has 0 saturated heterocycles. The van der Waals surface area contributed by atoms with E-state index in [1.807, 2.05) is 6.92 Å². The van der Waals surface area contributed by atoms with Gasteiger partial charge in [0.05, 0.1) is 6.54 Å². The van der Waals surface area contributed by atoms with Crippen LogP contribution < -0.4 is 5.32 Å². The Hall–Kier alpha value is -0.480. The maximum absolute atomic E-state index is 3.33. The minimum atomic E-state index is 0.604. The monoisotopic (exact) mass is 151 g/mol. The Kier molecular flexibility index (Phi) is 2.57. The summed E-state index contributed by atoms with van der Waals surface area (Å²) in [6.07, 6.45) is 1.37. The maximum Gasteiger partial charge on any atom is 0.0576 e. The van der Waals surface area contributed by atoms with Crippen molar-refractivity contribution in [3.05, 3.63) is 0 Å². The van der Waals surface area contributed by atoms with Gasteiger partial charge in [0.15, 0.2) is 0 Å². The van der Waals surface area contributed by atoms with Gasteiger partial charge in [0, 0.05) is 0 Å². The van der Waals surface area contributed by atoms with E-state index >= 15 is 0 Å². The van der Waals surface area contributed by atoms with Crippen molar-refractivity contribution < 1.29 is 0 Å². The van der Waals surface area contributed by atoms with Crippen LogP contribution in [0.15, 0.2) is 0 Å². The number of hydrogen-bond donors (Lipinski definition) is 1. The van der Waals surface area contributed by atoms with Crippen molar-refractivity contribution in [1.29, 1.82) is 0 Å². The highest BCUT2D eigenvalue weighted by Gasteiger charge is 2.44. The van der Waals surface area contributed by atoms with Crippen molar-refractivity contribution in [3.63, 3.8) is 0 Å². The van der Waals surface area contributed by atoms with Crippen LogP contribution in [0.4, 0.5) is 0 Å². The van der Waals surface area contributed by atoms with Gasteiger partial charge < -0.3 is 5.32 Å². The Morgan fingerprint density at radius 2 is 2.18 bits per heavy atom. The van der Waals surface area contributed by atoms with Crippen molar-refractivity contribution in [1.82, 2.24) is 5.32 Å². The molecule has 0 spiro atoms. The lowest BCUT2D eigenvalue weighted by Crippen LogP contribution is -2.18. The number of rotatable bonds is 3. The summed E-state index contributed by atoms with van der Waals surface area (Å²) in [4.78, 5) is 0. The van der Waals surface area contributed by atoms with E-state index in [1.54, 1.807) is 0 Å². The van der Waals surface area contributed by atoms with Crippen molar-refractivity contribution in [2.45, 2.75) is 27.2 Å². The molecular weight excluding hydrogens is 134 g/mol. The zero-order valence-corrected chi connectivity index (χ0v) is 7.70. The van der Waals surface area contributed by atoms with Crippen LogP contribution in [0, 0.1) is 23.2 Å². The van der Waals surface area contributed by atoms with E-state index in [1.165, 1.54) is 6.42 Å². The molecule has 1 heteroatoms. The van der Waals surface area contributed by atoms with E-state index in [0.717, 1.165) is 19.0 Å². The fraction of sp³-hybridized carbons (Fsp3) is 0.800. The zero-order valence-electron chi connectivity index (χ0n) is 7.70. The second-order valence-electron chi connectivity index (χ2n) is 3.95. The van der Waals surface area contributed by atoms with Crippen LogP contribution in [0.2, 0.25) is 0 Å². The van der Waals surface area contributed by atoms with Crippen molar-refractivity contribution in [3.8, 4) is 11.8 Å². The Balaban J connectivity index is 2.01. The molecule has 11 heavy (non-hydrogen) atoms. The van der Waals surface area contributed by atoms with Crippen molar-refractivity contribution in [2.75, 3.05) is 13.1 Å². The molecule has 0 amide bonds. The van der Waals surface area contributed by atoms with Crippen LogP contribution in [0.5, 0.6) is 0 Å². The summed E-state index contributed by atoms with van der Waals surface area (Å²) in [7, 11) is 0. The van der Waals surface area contributed by atoms with Crippen molar-refractivity contribution >= 4 is 0 Å². The molecule has 1 aliphatic rings. The first-order valence-corrected chi connectivity index (χ1v) is 4.27. The molecule has 0 heterocycles. The molecule has 1 saturated carbocycles. The molecule has 1 nitrogen and oxygen atoms in total. The summed E-state index contributed by atoms with van der Waals surface area (Å²) < 4.78 is 0. The molecule has 1 unspecified atom stereocenters. The SMILES string of the molecule is CC#CCNCC1CC1(C)C. The number of hydrogen-bond acceptors (Lipinski definition) is 1. The van der Waals surface area contributed by atoms with Gasteiger partial charge in [0.25, 0.3) is 0 Å². The molecule has 1 aliphatic carbocycles. The smallest absolute Gasteiger partial charge is 0.0576 e. The fourth-order valence-corrected chi connectivity index (χ4v) is 1.32. The predicted molar refractivity (Wildman–Crippen MR) is 48.2 cm³/mol. The highest BCUT2D eigenvalue weighted by molar-refractivity contribution is 5.00. The third-order valence-electron chi connectivity index (χ3n) is 2.50. The van der Waals surface area contributed by atoms with Gasteiger partial charge in [-0.3, -0.25) is 0 Å². The Morgan fingerprint density at radius 3 is 2.64 bits per heavy atom. The first-order valence-electron chi connectivity index (χ1n) is 4.27. The summed E-state index contributed by atoms with van der Waals surface area (Å²) >= 11 is 0. The van der Waals surface area contributed by atoms with E-state index in [-0.39, 0.29) is 0 Å². The van der Waals surface area contributed by atoms with Crippen LogP contribution in [0.3, 0.4) is 0 Å². The predicted octanol–water partition coefficient (Wildman–Crippen LogP) is 1.65. The van der Waals surface area contributed by atoms with Crippen molar-refractivity contribution in [2.24, 2.45) is 11.3 Å². The molecule has 0 aromatic heterocycles. The summed E-state index contributed by atoms with van der Waals surface area (Å²) in [5.74, 6) is 6.76. The maximum atomic E-state index is 3.33.